The molecule has 3 aromatic rings. The van der Waals surface area contributed by atoms with Gasteiger partial charge in [0, 0.05) is 49.5 Å². The second-order valence-electron chi connectivity index (χ2n) is 5.15. The van der Waals surface area contributed by atoms with E-state index in [1.54, 1.807) is 6.20 Å². The van der Waals surface area contributed by atoms with Crippen LogP contribution < -0.4 is 16.4 Å². The third-order valence-electron chi connectivity index (χ3n) is 3.45. The lowest BCUT2D eigenvalue weighted by atomic mass is 10.1. The van der Waals surface area contributed by atoms with E-state index in [2.05, 4.69) is 37.7 Å². The van der Waals surface area contributed by atoms with Crippen LogP contribution in [0.15, 0.2) is 48.8 Å². The van der Waals surface area contributed by atoms with Gasteiger partial charge in [-0.3, -0.25) is 4.98 Å². The van der Waals surface area contributed by atoms with Crippen LogP contribution >= 0.6 is 0 Å². The van der Waals surface area contributed by atoms with Gasteiger partial charge in [0.25, 0.3) is 0 Å². The highest BCUT2D eigenvalue weighted by molar-refractivity contribution is 5.82. The van der Waals surface area contributed by atoms with Gasteiger partial charge >= 0.3 is 0 Å². The lowest BCUT2D eigenvalue weighted by Gasteiger charge is -2.07. The molecule has 0 aliphatic rings. The normalized spacial score (nSPS) is 10.8. The lowest BCUT2D eigenvalue weighted by Crippen LogP contribution is -2.27. The minimum atomic E-state index is 0.616. The molecule has 0 fully saturated rings. The van der Waals surface area contributed by atoms with E-state index < -0.39 is 0 Å². The number of fused-ring (bicyclic) bond motifs is 1. The summed E-state index contributed by atoms with van der Waals surface area (Å²) < 4.78 is 0. The SMILES string of the molecule is NCCNCCNc1nccc(-c2cnc3ccccc3c2)n1. The molecule has 6 nitrogen and oxygen atoms in total. The Balaban J connectivity index is 1.73. The fourth-order valence-corrected chi connectivity index (χ4v) is 2.31. The molecular weight excluding hydrogens is 288 g/mol. The Kier molecular flexibility index (Phi) is 5.08. The van der Waals surface area contributed by atoms with Crippen LogP contribution in [-0.2, 0) is 0 Å². The van der Waals surface area contributed by atoms with Crippen molar-refractivity contribution in [2.24, 2.45) is 5.73 Å². The van der Waals surface area contributed by atoms with Crippen LogP contribution in [0, 0.1) is 0 Å². The Bertz CT molecular complexity index is 774. The first-order valence-electron chi connectivity index (χ1n) is 7.70. The van der Waals surface area contributed by atoms with E-state index in [4.69, 9.17) is 5.73 Å². The molecular formula is C17H20N6. The van der Waals surface area contributed by atoms with Crippen molar-refractivity contribution in [2.45, 2.75) is 0 Å². The van der Waals surface area contributed by atoms with Gasteiger partial charge in [0.15, 0.2) is 0 Å². The third-order valence-corrected chi connectivity index (χ3v) is 3.45. The van der Waals surface area contributed by atoms with Gasteiger partial charge in [-0.25, -0.2) is 9.97 Å². The van der Waals surface area contributed by atoms with E-state index in [1.807, 2.05) is 30.5 Å². The fraction of sp³-hybridized carbons (Fsp3) is 0.235. The summed E-state index contributed by atoms with van der Waals surface area (Å²) >= 11 is 0. The molecule has 0 unspecified atom stereocenters. The molecule has 0 saturated heterocycles. The van der Waals surface area contributed by atoms with Crippen LogP contribution in [0.4, 0.5) is 5.95 Å². The number of pyridine rings is 1. The molecule has 1 aromatic carbocycles. The second kappa shape index (κ2) is 7.62. The molecule has 2 aromatic heterocycles. The predicted octanol–water partition coefficient (Wildman–Crippen LogP) is 1.65. The van der Waals surface area contributed by atoms with Gasteiger partial charge in [-0.15, -0.1) is 0 Å². The average molecular weight is 308 g/mol. The summed E-state index contributed by atoms with van der Waals surface area (Å²) in [5, 5.41) is 7.52. The highest BCUT2D eigenvalue weighted by Crippen LogP contribution is 2.21. The van der Waals surface area contributed by atoms with Crippen molar-refractivity contribution in [3.63, 3.8) is 0 Å². The Morgan fingerprint density at radius 1 is 1.00 bits per heavy atom. The second-order valence-corrected chi connectivity index (χ2v) is 5.15. The summed E-state index contributed by atoms with van der Waals surface area (Å²) in [7, 11) is 0. The van der Waals surface area contributed by atoms with Crippen molar-refractivity contribution in [1.82, 2.24) is 20.3 Å². The van der Waals surface area contributed by atoms with E-state index in [0.717, 1.165) is 41.8 Å². The number of benzene rings is 1. The molecule has 0 bridgehead atoms. The zero-order valence-electron chi connectivity index (χ0n) is 12.9. The first-order chi connectivity index (χ1) is 11.4. The fourth-order valence-electron chi connectivity index (χ4n) is 2.31. The smallest absolute Gasteiger partial charge is 0.223 e. The molecule has 6 heteroatoms. The maximum atomic E-state index is 5.43. The number of hydrogen-bond donors (Lipinski definition) is 3. The summed E-state index contributed by atoms with van der Waals surface area (Å²) in [4.78, 5) is 13.3. The Labute approximate surface area is 135 Å². The summed E-state index contributed by atoms with van der Waals surface area (Å²) in [6.45, 7) is 3.02. The molecule has 0 aliphatic heterocycles. The standard InChI is InChI=1S/C17H20N6/c18-6-8-19-9-10-21-17-20-7-5-16(23-17)14-11-13-3-1-2-4-15(13)22-12-14/h1-5,7,11-12,19H,6,8-10,18H2,(H,20,21,23). The monoisotopic (exact) mass is 308 g/mol. The summed E-state index contributed by atoms with van der Waals surface area (Å²) in [5.41, 5.74) is 8.25. The Hall–Kier alpha value is -2.57. The largest absolute Gasteiger partial charge is 0.353 e. The van der Waals surface area contributed by atoms with E-state index >= 15 is 0 Å². The van der Waals surface area contributed by atoms with E-state index in [1.165, 1.54) is 0 Å². The lowest BCUT2D eigenvalue weighted by molar-refractivity contribution is 0.705. The number of hydrogen-bond acceptors (Lipinski definition) is 6. The zero-order chi connectivity index (χ0) is 15.9. The molecule has 4 N–H and O–H groups in total. The minimum absolute atomic E-state index is 0.616. The van der Waals surface area contributed by atoms with Crippen LogP contribution in [0.3, 0.4) is 0 Å². The third kappa shape index (κ3) is 4.00. The van der Waals surface area contributed by atoms with Gasteiger partial charge in [-0.05, 0) is 18.2 Å². The number of rotatable bonds is 7. The van der Waals surface area contributed by atoms with Crippen molar-refractivity contribution < 1.29 is 0 Å². The number of nitrogens with zero attached hydrogens (tertiary/aromatic N) is 3. The van der Waals surface area contributed by atoms with Crippen LogP contribution in [0.2, 0.25) is 0 Å². The van der Waals surface area contributed by atoms with Gasteiger partial charge in [-0.2, -0.15) is 0 Å². The number of para-hydroxylation sites is 1. The molecule has 0 spiro atoms. The number of aromatic nitrogens is 3. The highest BCUT2D eigenvalue weighted by atomic mass is 15.1. The van der Waals surface area contributed by atoms with E-state index in [-0.39, 0.29) is 0 Å². The van der Waals surface area contributed by atoms with Crippen LogP contribution in [0.1, 0.15) is 0 Å². The number of nitrogens with two attached hydrogens (primary N) is 1. The molecule has 3 rings (SSSR count). The molecule has 0 amide bonds. The Morgan fingerprint density at radius 3 is 2.83 bits per heavy atom. The van der Waals surface area contributed by atoms with Crippen LogP contribution in [-0.4, -0.2) is 41.1 Å². The number of anilines is 1. The number of nitrogens with one attached hydrogen (secondary N) is 2. The first kappa shape index (κ1) is 15.3. The van der Waals surface area contributed by atoms with Gasteiger partial charge in [0.2, 0.25) is 5.95 Å². The van der Waals surface area contributed by atoms with Crippen molar-refractivity contribution in [2.75, 3.05) is 31.5 Å². The van der Waals surface area contributed by atoms with Crippen molar-refractivity contribution >= 4 is 16.9 Å². The van der Waals surface area contributed by atoms with E-state index in [0.29, 0.717) is 12.5 Å². The summed E-state index contributed by atoms with van der Waals surface area (Å²) in [6, 6.07) is 12.0. The van der Waals surface area contributed by atoms with Crippen molar-refractivity contribution in [3.8, 4) is 11.3 Å². The van der Waals surface area contributed by atoms with Crippen molar-refractivity contribution in [3.05, 3.63) is 48.8 Å². The molecule has 0 aliphatic carbocycles. The first-order valence-corrected chi connectivity index (χ1v) is 7.70. The highest BCUT2D eigenvalue weighted by Gasteiger charge is 2.04. The Morgan fingerprint density at radius 2 is 1.91 bits per heavy atom. The average Bonchev–Trinajstić information content (AvgIpc) is 2.61. The van der Waals surface area contributed by atoms with Crippen LogP contribution in [0.5, 0.6) is 0 Å². The quantitative estimate of drug-likeness (QED) is 0.575. The molecule has 0 saturated carbocycles. The van der Waals surface area contributed by atoms with Crippen LogP contribution in [0.25, 0.3) is 22.2 Å². The van der Waals surface area contributed by atoms with Gasteiger partial charge in [-0.1, -0.05) is 18.2 Å². The molecule has 118 valence electrons. The predicted molar refractivity (Wildman–Crippen MR) is 93.2 cm³/mol. The maximum absolute atomic E-state index is 5.43. The van der Waals surface area contributed by atoms with Gasteiger partial charge in [0.1, 0.15) is 0 Å². The molecule has 0 radical (unpaired) electrons. The zero-order valence-corrected chi connectivity index (χ0v) is 12.9. The molecule has 2 heterocycles. The van der Waals surface area contributed by atoms with Gasteiger partial charge in [0.05, 0.1) is 11.2 Å². The topological polar surface area (TPSA) is 88.8 Å². The molecule has 23 heavy (non-hydrogen) atoms. The van der Waals surface area contributed by atoms with Crippen molar-refractivity contribution in [1.29, 1.82) is 0 Å². The summed E-state index contributed by atoms with van der Waals surface area (Å²) in [6.07, 6.45) is 3.60. The summed E-state index contributed by atoms with van der Waals surface area (Å²) in [5.74, 6) is 0.616. The molecule has 0 atom stereocenters. The minimum Gasteiger partial charge on any atom is -0.353 e. The van der Waals surface area contributed by atoms with Gasteiger partial charge < -0.3 is 16.4 Å². The maximum Gasteiger partial charge on any atom is 0.223 e. The van der Waals surface area contributed by atoms with E-state index in [9.17, 15) is 0 Å².